The van der Waals surface area contributed by atoms with Gasteiger partial charge in [0.25, 0.3) is 0 Å². The predicted octanol–water partition coefficient (Wildman–Crippen LogP) is 1.44. The summed E-state index contributed by atoms with van der Waals surface area (Å²) in [5, 5.41) is 0. The number of hydrogen-bond acceptors (Lipinski definition) is 4. The highest BCUT2D eigenvalue weighted by molar-refractivity contribution is 5.68. The van der Waals surface area contributed by atoms with E-state index in [0.717, 1.165) is 11.1 Å². The molecule has 1 aromatic rings. The summed E-state index contributed by atoms with van der Waals surface area (Å²) in [6.07, 6.45) is -0.836. The zero-order chi connectivity index (χ0) is 12.0. The minimum Gasteiger partial charge on any atom is -0.410 e. The Bertz CT molecular complexity index is 365. The largest absolute Gasteiger partial charge is 0.410 e. The summed E-state index contributed by atoms with van der Waals surface area (Å²) in [7, 11) is 3.18. The van der Waals surface area contributed by atoms with E-state index >= 15 is 0 Å². The number of benzene rings is 1. The first-order valence-corrected chi connectivity index (χ1v) is 4.74. The number of ether oxygens (including phenoxy) is 3. The SMILES string of the molecule is COCc1ccc(OC(N)=O)c(COC)c1. The topological polar surface area (TPSA) is 70.8 Å². The minimum atomic E-state index is -0.836. The molecule has 16 heavy (non-hydrogen) atoms. The fraction of sp³-hybridized carbons (Fsp3) is 0.364. The van der Waals surface area contributed by atoms with Crippen molar-refractivity contribution in [3.05, 3.63) is 29.3 Å². The average Bonchev–Trinajstić information content (AvgIpc) is 2.22. The van der Waals surface area contributed by atoms with Gasteiger partial charge in [0.2, 0.25) is 0 Å². The minimum absolute atomic E-state index is 0.347. The smallest absolute Gasteiger partial charge is 0.409 e. The zero-order valence-corrected chi connectivity index (χ0v) is 9.36. The fourth-order valence-electron chi connectivity index (χ4n) is 1.37. The monoisotopic (exact) mass is 225 g/mol. The van der Waals surface area contributed by atoms with Gasteiger partial charge in [-0.05, 0) is 17.7 Å². The van der Waals surface area contributed by atoms with Crippen molar-refractivity contribution >= 4 is 6.09 Å². The number of amides is 1. The molecule has 0 bridgehead atoms. The molecule has 0 saturated heterocycles. The predicted molar refractivity (Wildman–Crippen MR) is 58.1 cm³/mol. The lowest BCUT2D eigenvalue weighted by Crippen LogP contribution is -2.17. The Balaban J connectivity index is 2.93. The molecular weight excluding hydrogens is 210 g/mol. The first kappa shape index (κ1) is 12.5. The van der Waals surface area contributed by atoms with Crippen molar-refractivity contribution in [1.82, 2.24) is 0 Å². The summed E-state index contributed by atoms with van der Waals surface area (Å²) in [5.74, 6) is 0.411. The summed E-state index contributed by atoms with van der Waals surface area (Å²) in [6.45, 7) is 0.841. The van der Waals surface area contributed by atoms with Crippen LogP contribution >= 0.6 is 0 Å². The van der Waals surface area contributed by atoms with E-state index in [4.69, 9.17) is 19.9 Å². The van der Waals surface area contributed by atoms with Gasteiger partial charge in [0.05, 0.1) is 13.2 Å². The number of nitrogens with two attached hydrogens (primary N) is 1. The highest BCUT2D eigenvalue weighted by Crippen LogP contribution is 2.21. The Hall–Kier alpha value is -1.59. The second-order valence-corrected chi connectivity index (χ2v) is 3.23. The van der Waals surface area contributed by atoms with Gasteiger partial charge in [0, 0.05) is 19.8 Å². The number of carbonyl (C=O) groups excluding carboxylic acids is 1. The molecule has 0 aliphatic rings. The van der Waals surface area contributed by atoms with E-state index in [9.17, 15) is 4.79 Å². The molecule has 0 atom stereocenters. The Labute approximate surface area is 94.1 Å². The van der Waals surface area contributed by atoms with Crippen LogP contribution in [-0.4, -0.2) is 20.3 Å². The summed E-state index contributed by atoms with van der Waals surface area (Å²) in [5.41, 5.74) is 6.70. The zero-order valence-electron chi connectivity index (χ0n) is 9.36. The molecule has 0 saturated carbocycles. The van der Waals surface area contributed by atoms with Gasteiger partial charge in [-0.2, -0.15) is 0 Å². The molecule has 1 amide bonds. The molecule has 1 aromatic carbocycles. The van der Waals surface area contributed by atoms with Crippen molar-refractivity contribution in [2.45, 2.75) is 13.2 Å². The molecule has 0 aromatic heterocycles. The third-order valence-corrected chi connectivity index (χ3v) is 1.95. The van der Waals surface area contributed by atoms with E-state index in [-0.39, 0.29) is 0 Å². The van der Waals surface area contributed by atoms with Crippen molar-refractivity contribution in [3.63, 3.8) is 0 Å². The average molecular weight is 225 g/mol. The summed E-state index contributed by atoms with van der Waals surface area (Å²) in [6, 6.07) is 5.33. The Morgan fingerprint density at radius 3 is 2.50 bits per heavy atom. The Morgan fingerprint density at radius 2 is 1.94 bits per heavy atom. The van der Waals surface area contributed by atoms with Gasteiger partial charge < -0.3 is 19.9 Å². The number of methoxy groups -OCH3 is 2. The summed E-state index contributed by atoms with van der Waals surface area (Å²) in [4.78, 5) is 10.7. The number of primary amides is 1. The molecule has 0 aliphatic carbocycles. The van der Waals surface area contributed by atoms with Crippen molar-refractivity contribution in [3.8, 4) is 5.75 Å². The number of hydrogen-bond donors (Lipinski definition) is 1. The lowest BCUT2D eigenvalue weighted by atomic mass is 10.1. The fourth-order valence-corrected chi connectivity index (χ4v) is 1.37. The Morgan fingerprint density at radius 1 is 1.25 bits per heavy atom. The van der Waals surface area contributed by atoms with Gasteiger partial charge in [-0.3, -0.25) is 0 Å². The third-order valence-electron chi connectivity index (χ3n) is 1.95. The quantitative estimate of drug-likeness (QED) is 0.823. The van der Waals surface area contributed by atoms with Crippen molar-refractivity contribution in [1.29, 1.82) is 0 Å². The lowest BCUT2D eigenvalue weighted by molar-refractivity contribution is 0.176. The van der Waals surface area contributed by atoms with Crippen molar-refractivity contribution in [2.24, 2.45) is 5.73 Å². The van der Waals surface area contributed by atoms with Gasteiger partial charge in [-0.25, -0.2) is 4.79 Å². The molecule has 0 heterocycles. The van der Waals surface area contributed by atoms with Crippen LogP contribution in [0.5, 0.6) is 5.75 Å². The van der Waals surface area contributed by atoms with E-state index < -0.39 is 6.09 Å². The molecular formula is C11H15NO4. The van der Waals surface area contributed by atoms with Crippen LogP contribution in [0.3, 0.4) is 0 Å². The summed E-state index contributed by atoms with van der Waals surface area (Å²) < 4.78 is 14.9. The number of rotatable bonds is 5. The van der Waals surface area contributed by atoms with Crippen LogP contribution in [0.25, 0.3) is 0 Å². The second kappa shape index (κ2) is 6.09. The van der Waals surface area contributed by atoms with Crippen LogP contribution in [0, 0.1) is 0 Å². The number of carbonyl (C=O) groups is 1. The van der Waals surface area contributed by atoms with E-state index in [1.54, 1.807) is 26.4 Å². The lowest BCUT2D eigenvalue weighted by Gasteiger charge is -2.09. The second-order valence-electron chi connectivity index (χ2n) is 3.23. The van der Waals surface area contributed by atoms with Crippen LogP contribution in [0.15, 0.2) is 18.2 Å². The Kier molecular flexibility index (Phi) is 4.75. The molecule has 1 rings (SSSR count). The molecule has 0 spiro atoms. The van der Waals surface area contributed by atoms with Crippen LogP contribution in [-0.2, 0) is 22.7 Å². The highest BCUT2D eigenvalue weighted by Gasteiger charge is 2.07. The van der Waals surface area contributed by atoms with Crippen LogP contribution < -0.4 is 10.5 Å². The third kappa shape index (κ3) is 3.52. The molecule has 5 heteroatoms. The van der Waals surface area contributed by atoms with E-state index in [1.165, 1.54) is 0 Å². The van der Waals surface area contributed by atoms with E-state index in [1.807, 2.05) is 6.07 Å². The maximum absolute atomic E-state index is 10.7. The van der Waals surface area contributed by atoms with E-state index in [0.29, 0.717) is 19.0 Å². The van der Waals surface area contributed by atoms with Crippen LogP contribution in [0.2, 0.25) is 0 Å². The first-order chi connectivity index (χ1) is 7.67. The normalized spacial score (nSPS) is 10.1. The van der Waals surface area contributed by atoms with Gasteiger partial charge in [0.15, 0.2) is 0 Å². The van der Waals surface area contributed by atoms with Gasteiger partial charge in [-0.1, -0.05) is 6.07 Å². The molecule has 5 nitrogen and oxygen atoms in total. The van der Waals surface area contributed by atoms with Crippen LogP contribution in [0.4, 0.5) is 4.79 Å². The molecule has 0 unspecified atom stereocenters. The standard InChI is InChI=1S/C11H15NO4/c1-14-6-8-3-4-10(16-11(12)13)9(5-8)7-15-2/h3-5H,6-7H2,1-2H3,(H2,12,13). The highest BCUT2D eigenvalue weighted by atomic mass is 16.5. The first-order valence-electron chi connectivity index (χ1n) is 4.74. The maximum Gasteiger partial charge on any atom is 0.409 e. The van der Waals surface area contributed by atoms with Crippen molar-refractivity contribution in [2.75, 3.05) is 14.2 Å². The molecule has 88 valence electrons. The molecule has 0 aliphatic heterocycles. The van der Waals surface area contributed by atoms with Gasteiger partial charge in [0.1, 0.15) is 5.75 Å². The molecule has 2 N–H and O–H groups in total. The van der Waals surface area contributed by atoms with Crippen LogP contribution in [0.1, 0.15) is 11.1 Å². The summed E-state index contributed by atoms with van der Waals surface area (Å²) >= 11 is 0. The van der Waals surface area contributed by atoms with E-state index in [2.05, 4.69) is 0 Å². The maximum atomic E-state index is 10.7. The molecule has 0 radical (unpaired) electrons. The molecule has 0 fully saturated rings. The van der Waals surface area contributed by atoms with Gasteiger partial charge >= 0.3 is 6.09 Å². The van der Waals surface area contributed by atoms with Gasteiger partial charge in [-0.15, -0.1) is 0 Å². The van der Waals surface area contributed by atoms with Crippen molar-refractivity contribution < 1.29 is 19.0 Å².